The number of piperidine rings is 1. The van der Waals surface area contributed by atoms with E-state index >= 15 is 0 Å². The largest absolute Gasteiger partial charge is 0.396 e. The maximum absolute atomic E-state index is 12.8. The molecule has 1 saturated heterocycles. The fourth-order valence-electron chi connectivity index (χ4n) is 3.75. The van der Waals surface area contributed by atoms with E-state index in [0.717, 1.165) is 19.4 Å². The van der Waals surface area contributed by atoms with Crippen molar-refractivity contribution >= 4 is 34.8 Å². The van der Waals surface area contributed by atoms with E-state index < -0.39 is 0 Å². The van der Waals surface area contributed by atoms with Crippen LogP contribution in [-0.4, -0.2) is 23.4 Å². The molecule has 2 N–H and O–H groups in total. The highest BCUT2D eigenvalue weighted by molar-refractivity contribution is 6.39. The van der Waals surface area contributed by atoms with E-state index in [9.17, 15) is 4.79 Å². The molecule has 3 rings (SSSR count). The van der Waals surface area contributed by atoms with E-state index in [1.165, 1.54) is 25.7 Å². The van der Waals surface area contributed by atoms with Crippen LogP contribution in [0.5, 0.6) is 0 Å². The molecule has 2 aliphatic rings. The van der Waals surface area contributed by atoms with Crippen molar-refractivity contribution in [3.8, 4) is 0 Å². The van der Waals surface area contributed by atoms with Crippen LogP contribution in [0.4, 0.5) is 5.69 Å². The fraction of sp³-hybridized carbons (Fsp3) is 0.562. The van der Waals surface area contributed by atoms with E-state index in [1.54, 1.807) is 12.1 Å². The molecule has 1 amide bonds. The molecule has 114 valence electrons. The summed E-state index contributed by atoms with van der Waals surface area (Å²) in [4.78, 5) is 14.9. The summed E-state index contributed by atoms with van der Waals surface area (Å²) >= 11 is 12.1. The van der Waals surface area contributed by atoms with Crippen molar-refractivity contribution in [1.82, 2.24) is 4.90 Å². The molecule has 1 saturated carbocycles. The summed E-state index contributed by atoms with van der Waals surface area (Å²) in [6, 6.07) is 3.66. The summed E-state index contributed by atoms with van der Waals surface area (Å²) in [5.74, 6) is 0.701. The Bertz CT molecular complexity index is 536. The standard InChI is InChI=1S/C16H20Cl2N2O/c17-12-8-11(9-13(18)15(12)19)16(21)20-7-3-5-10-4-1-2-6-14(10)20/h8-10,14H,1-7,19H2/t10-,14-/m1/s1. The van der Waals surface area contributed by atoms with E-state index in [4.69, 9.17) is 28.9 Å². The van der Waals surface area contributed by atoms with Crippen molar-refractivity contribution in [3.05, 3.63) is 27.7 Å². The molecule has 0 aromatic heterocycles. The highest BCUT2D eigenvalue weighted by Crippen LogP contribution is 2.37. The summed E-state index contributed by atoms with van der Waals surface area (Å²) in [7, 11) is 0. The number of hydrogen-bond donors (Lipinski definition) is 1. The Balaban J connectivity index is 1.87. The zero-order valence-electron chi connectivity index (χ0n) is 11.9. The molecule has 0 bridgehead atoms. The van der Waals surface area contributed by atoms with Crippen LogP contribution in [0.3, 0.4) is 0 Å². The number of fused-ring (bicyclic) bond motifs is 1. The summed E-state index contributed by atoms with van der Waals surface area (Å²) in [6.45, 7) is 0.833. The number of rotatable bonds is 1. The lowest BCUT2D eigenvalue weighted by Gasteiger charge is -2.44. The van der Waals surface area contributed by atoms with Crippen LogP contribution in [0.1, 0.15) is 48.9 Å². The molecule has 0 spiro atoms. The quantitative estimate of drug-likeness (QED) is 0.779. The maximum atomic E-state index is 12.8. The Labute approximate surface area is 135 Å². The molecule has 3 nitrogen and oxygen atoms in total. The van der Waals surface area contributed by atoms with Crippen LogP contribution in [0, 0.1) is 5.92 Å². The zero-order valence-corrected chi connectivity index (χ0v) is 13.5. The van der Waals surface area contributed by atoms with Crippen molar-refractivity contribution in [2.45, 2.75) is 44.6 Å². The number of anilines is 1. The first-order valence-electron chi connectivity index (χ1n) is 7.63. The SMILES string of the molecule is Nc1c(Cl)cc(C(=O)N2CCC[C@H]3CCCC[C@H]32)cc1Cl. The van der Waals surface area contributed by atoms with Gasteiger partial charge in [-0.2, -0.15) is 0 Å². The van der Waals surface area contributed by atoms with E-state index in [2.05, 4.69) is 0 Å². The molecule has 1 aromatic carbocycles. The number of hydrogen-bond acceptors (Lipinski definition) is 2. The van der Waals surface area contributed by atoms with Gasteiger partial charge in [-0.1, -0.05) is 36.0 Å². The van der Waals surface area contributed by atoms with Gasteiger partial charge in [0.25, 0.3) is 5.91 Å². The summed E-state index contributed by atoms with van der Waals surface area (Å²) in [5.41, 5.74) is 6.63. The average Bonchev–Trinajstić information content (AvgIpc) is 2.51. The molecule has 2 atom stereocenters. The van der Waals surface area contributed by atoms with Gasteiger partial charge in [-0.25, -0.2) is 0 Å². The number of carbonyl (C=O) groups is 1. The molecule has 0 radical (unpaired) electrons. The number of carbonyl (C=O) groups excluding carboxylic acids is 1. The third-order valence-corrected chi connectivity index (χ3v) is 5.46. The monoisotopic (exact) mass is 326 g/mol. The number of nitrogen functional groups attached to an aromatic ring is 1. The van der Waals surface area contributed by atoms with Gasteiger partial charge >= 0.3 is 0 Å². The van der Waals surface area contributed by atoms with Crippen molar-refractivity contribution in [2.24, 2.45) is 5.92 Å². The first-order chi connectivity index (χ1) is 10.1. The van der Waals surface area contributed by atoms with Crippen LogP contribution in [0.15, 0.2) is 12.1 Å². The van der Waals surface area contributed by atoms with Crippen molar-refractivity contribution in [3.63, 3.8) is 0 Å². The first-order valence-corrected chi connectivity index (χ1v) is 8.39. The van der Waals surface area contributed by atoms with E-state index in [-0.39, 0.29) is 5.91 Å². The van der Waals surface area contributed by atoms with Gasteiger partial charge in [-0.3, -0.25) is 4.79 Å². The smallest absolute Gasteiger partial charge is 0.254 e. The molecule has 1 aliphatic carbocycles. The molecular weight excluding hydrogens is 307 g/mol. The van der Waals surface area contributed by atoms with E-state index in [1.807, 2.05) is 4.90 Å². The molecule has 1 aromatic rings. The first kappa shape index (κ1) is 15.0. The maximum Gasteiger partial charge on any atom is 0.254 e. The molecule has 1 aliphatic heterocycles. The van der Waals surface area contributed by atoms with Crippen molar-refractivity contribution in [2.75, 3.05) is 12.3 Å². The van der Waals surface area contributed by atoms with Crippen LogP contribution in [0.2, 0.25) is 10.0 Å². The van der Waals surface area contributed by atoms with Gasteiger partial charge in [0.2, 0.25) is 0 Å². The number of nitrogens with two attached hydrogens (primary N) is 1. The second-order valence-electron chi connectivity index (χ2n) is 6.11. The molecule has 2 fully saturated rings. The van der Waals surface area contributed by atoms with Crippen LogP contribution < -0.4 is 5.73 Å². The van der Waals surface area contributed by atoms with Gasteiger partial charge in [0.1, 0.15) is 0 Å². The lowest BCUT2D eigenvalue weighted by molar-refractivity contribution is 0.0391. The minimum Gasteiger partial charge on any atom is -0.396 e. The van der Waals surface area contributed by atoms with Gasteiger partial charge in [0.05, 0.1) is 15.7 Å². The summed E-state index contributed by atoms with van der Waals surface area (Å²) in [5, 5.41) is 0.700. The van der Waals surface area contributed by atoms with Gasteiger partial charge in [0, 0.05) is 18.2 Å². The summed E-state index contributed by atoms with van der Waals surface area (Å²) < 4.78 is 0. The minimum atomic E-state index is 0.0374. The molecule has 5 heteroatoms. The van der Waals surface area contributed by atoms with Gasteiger partial charge in [0.15, 0.2) is 0 Å². The van der Waals surface area contributed by atoms with Gasteiger partial charge in [-0.15, -0.1) is 0 Å². The van der Waals surface area contributed by atoms with E-state index in [0.29, 0.717) is 33.3 Å². The van der Waals surface area contributed by atoms with Crippen molar-refractivity contribution < 1.29 is 4.79 Å². The normalized spacial score (nSPS) is 25.5. The number of nitrogens with zero attached hydrogens (tertiary/aromatic N) is 1. The number of benzene rings is 1. The van der Waals surface area contributed by atoms with Gasteiger partial charge < -0.3 is 10.6 Å². The predicted octanol–water partition coefficient (Wildman–Crippen LogP) is 4.37. The number of amides is 1. The molecule has 21 heavy (non-hydrogen) atoms. The van der Waals surface area contributed by atoms with Crippen LogP contribution in [-0.2, 0) is 0 Å². The Hall–Kier alpha value is -0.930. The third-order valence-electron chi connectivity index (χ3n) is 4.83. The van der Waals surface area contributed by atoms with Crippen LogP contribution in [0.25, 0.3) is 0 Å². The predicted molar refractivity (Wildman–Crippen MR) is 86.9 cm³/mol. The highest BCUT2D eigenvalue weighted by atomic mass is 35.5. The fourth-order valence-corrected chi connectivity index (χ4v) is 4.24. The van der Waals surface area contributed by atoms with Gasteiger partial charge in [-0.05, 0) is 43.7 Å². The third kappa shape index (κ3) is 2.86. The Morgan fingerprint density at radius 2 is 1.71 bits per heavy atom. The second kappa shape index (κ2) is 6.05. The Kier molecular flexibility index (Phi) is 4.32. The lowest BCUT2D eigenvalue weighted by Crippen LogP contribution is -2.49. The summed E-state index contributed by atoms with van der Waals surface area (Å²) in [6.07, 6.45) is 7.21. The average molecular weight is 327 g/mol. The molecule has 1 heterocycles. The zero-order chi connectivity index (χ0) is 15.0. The Morgan fingerprint density at radius 1 is 1.10 bits per heavy atom. The van der Waals surface area contributed by atoms with Crippen LogP contribution >= 0.6 is 23.2 Å². The lowest BCUT2D eigenvalue weighted by atomic mass is 9.78. The Morgan fingerprint density at radius 3 is 2.43 bits per heavy atom. The minimum absolute atomic E-state index is 0.0374. The number of likely N-dealkylation sites (tertiary alicyclic amines) is 1. The second-order valence-corrected chi connectivity index (χ2v) is 6.92. The molecular formula is C16H20Cl2N2O. The topological polar surface area (TPSA) is 46.3 Å². The molecule has 0 unspecified atom stereocenters. The van der Waals surface area contributed by atoms with Crippen molar-refractivity contribution in [1.29, 1.82) is 0 Å². The highest BCUT2D eigenvalue weighted by Gasteiger charge is 2.36. The number of halogens is 2.